The van der Waals surface area contributed by atoms with Crippen molar-refractivity contribution in [2.45, 2.75) is 25.7 Å². The summed E-state index contributed by atoms with van der Waals surface area (Å²) in [5.74, 6) is 2.57. The fraction of sp³-hybridized carbons (Fsp3) is 0.533. The summed E-state index contributed by atoms with van der Waals surface area (Å²) in [6, 6.07) is 6.15. The molecule has 0 atom stereocenters. The first kappa shape index (κ1) is 16.2. The average Bonchev–Trinajstić information content (AvgIpc) is 2.94. The largest absolute Gasteiger partial charge is 0.454 e. The zero-order valence-corrected chi connectivity index (χ0v) is 14.8. The minimum atomic E-state index is -0.0113. The third-order valence-electron chi connectivity index (χ3n) is 3.75. The molecule has 0 radical (unpaired) electrons. The van der Waals surface area contributed by atoms with Crippen molar-refractivity contribution in [3.8, 4) is 11.5 Å². The van der Waals surface area contributed by atoms with Gasteiger partial charge in [0.25, 0.3) is 0 Å². The number of halogens is 1. The number of hydrogen-bond acceptors (Lipinski definition) is 5. The van der Waals surface area contributed by atoms with E-state index in [1.54, 1.807) is 0 Å². The van der Waals surface area contributed by atoms with Crippen LogP contribution in [-0.2, 0) is 5.41 Å². The highest BCUT2D eigenvalue weighted by molar-refractivity contribution is 14.0. The number of aliphatic imine (C=N–C) groups is 1. The molecule has 0 amide bonds. The van der Waals surface area contributed by atoms with Gasteiger partial charge in [0.15, 0.2) is 17.5 Å². The Morgan fingerprint density at radius 3 is 2.86 bits per heavy atom. The van der Waals surface area contributed by atoms with Crippen molar-refractivity contribution in [2.75, 3.05) is 26.4 Å². The van der Waals surface area contributed by atoms with Gasteiger partial charge in [0.2, 0.25) is 6.79 Å². The van der Waals surface area contributed by atoms with E-state index >= 15 is 0 Å². The summed E-state index contributed by atoms with van der Waals surface area (Å²) < 4.78 is 10.8. The van der Waals surface area contributed by atoms with Crippen molar-refractivity contribution in [1.82, 2.24) is 10.6 Å². The Bertz CT molecular complexity index is 532. The van der Waals surface area contributed by atoms with E-state index in [9.17, 15) is 0 Å². The summed E-state index contributed by atoms with van der Waals surface area (Å²) in [6.45, 7) is 7.45. The Morgan fingerprint density at radius 2 is 2.10 bits per heavy atom. The number of rotatable bonds is 3. The second kappa shape index (κ2) is 6.72. The first-order valence-electron chi connectivity index (χ1n) is 7.07. The Hall–Kier alpha value is -1.18. The quantitative estimate of drug-likeness (QED) is 0.761. The van der Waals surface area contributed by atoms with Crippen LogP contribution in [0.25, 0.3) is 0 Å². The maximum Gasteiger partial charge on any atom is 0.231 e. The molecule has 2 aliphatic heterocycles. The lowest BCUT2D eigenvalue weighted by atomic mass is 9.84. The molecule has 0 aromatic heterocycles. The maximum absolute atomic E-state index is 5.45. The molecule has 0 saturated heterocycles. The SMILES string of the molecule is CC(C)(CNC1=NCCCN1)c1ccc2c(c1)OCO2.I. The number of hydrogen-bond donors (Lipinski definition) is 2. The van der Waals surface area contributed by atoms with E-state index in [1.807, 2.05) is 6.07 Å². The van der Waals surface area contributed by atoms with Crippen LogP contribution >= 0.6 is 24.0 Å². The minimum Gasteiger partial charge on any atom is -0.454 e. The van der Waals surface area contributed by atoms with Crippen LogP contribution in [0.2, 0.25) is 0 Å². The fourth-order valence-electron chi connectivity index (χ4n) is 2.38. The highest BCUT2D eigenvalue weighted by Crippen LogP contribution is 2.36. The molecule has 0 fully saturated rings. The van der Waals surface area contributed by atoms with Crippen molar-refractivity contribution in [3.63, 3.8) is 0 Å². The predicted octanol–water partition coefficient (Wildman–Crippen LogP) is 2.25. The molecule has 0 spiro atoms. The van der Waals surface area contributed by atoms with Crippen LogP contribution in [0.5, 0.6) is 11.5 Å². The van der Waals surface area contributed by atoms with Gasteiger partial charge in [0, 0.05) is 25.0 Å². The van der Waals surface area contributed by atoms with Crippen molar-refractivity contribution >= 4 is 29.9 Å². The Kier molecular flexibility index (Phi) is 5.18. The number of fused-ring (bicyclic) bond motifs is 1. The smallest absolute Gasteiger partial charge is 0.231 e. The van der Waals surface area contributed by atoms with E-state index in [2.05, 4.69) is 41.6 Å². The number of guanidine groups is 1. The van der Waals surface area contributed by atoms with Gasteiger partial charge in [-0.15, -0.1) is 24.0 Å². The minimum absolute atomic E-state index is 0. The highest BCUT2D eigenvalue weighted by atomic mass is 127. The summed E-state index contributed by atoms with van der Waals surface area (Å²) in [4.78, 5) is 4.43. The molecule has 116 valence electrons. The zero-order valence-electron chi connectivity index (χ0n) is 12.4. The molecule has 5 nitrogen and oxygen atoms in total. The fourth-order valence-corrected chi connectivity index (χ4v) is 2.38. The molecular weight excluding hydrogens is 381 g/mol. The Labute approximate surface area is 142 Å². The molecule has 0 bridgehead atoms. The number of ether oxygens (including phenoxy) is 2. The Morgan fingerprint density at radius 1 is 1.29 bits per heavy atom. The molecule has 1 aromatic carbocycles. The molecule has 2 heterocycles. The van der Waals surface area contributed by atoms with Crippen molar-refractivity contribution in [1.29, 1.82) is 0 Å². The first-order chi connectivity index (χ1) is 9.65. The molecule has 1 aromatic rings. The van der Waals surface area contributed by atoms with Crippen LogP contribution in [-0.4, -0.2) is 32.4 Å². The van der Waals surface area contributed by atoms with Crippen LogP contribution in [0.3, 0.4) is 0 Å². The lowest BCUT2D eigenvalue weighted by Crippen LogP contribution is -2.45. The molecule has 6 heteroatoms. The van der Waals surface area contributed by atoms with E-state index in [0.717, 1.165) is 43.5 Å². The maximum atomic E-state index is 5.45. The van der Waals surface area contributed by atoms with Crippen LogP contribution in [0, 0.1) is 0 Å². The summed E-state index contributed by atoms with van der Waals surface area (Å²) in [5.41, 5.74) is 1.22. The van der Waals surface area contributed by atoms with E-state index < -0.39 is 0 Å². The molecular formula is C15H22IN3O2. The average molecular weight is 403 g/mol. The predicted molar refractivity (Wildman–Crippen MR) is 93.9 cm³/mol. The third kappa shape index (κ3) is 3.72. The number of benzene rings is 1. The molecule has 0 aliphatic carbocycles. The first-order valence-corrected chi connectivity index (χ1v) is 7.07. The standard InChI is InChI=1S/C15H21N3O2.HI/c1-15(2,9-18-14-16-6-3-7-17-14)11-4-5-12-13(8-11)20-10-19-12;/h4-5,8H,3,6-7,9-10H2,1-2H3,(H2,16,17,18);1H. The zero-order chi connectivity index (χ0) is 14.0. The summed E-state index contributed by atoms with van der Waals surface area (Å²) in [7, 11) is 0. The number of nitrogens with zero attached hydrogens (tertiary/aromatic N) is 1. The van der Waals surface area contributed by atoms with Crippen LogP contribution in [0.15, 0.2) is 23.2 Å². The molecule has 0 unspecified atom stereocenters. The van der Waals surface area contributed by atoms with Gasteiger partial charge in [-0.2, -0.15) is 0 Å². The summed E-state index contributed by atoms with van der Waals surface area (Å²) in [5, 5.41) is 6.67. The van der Waals surface area contributed by atoms with Crippen molar-refractivity contribution in [3.05, 3.63) is 23.8 Å². The monoisotopic (exact) mass is 403 g/mol. The van der Waals surface area contributed by atoms with E-state index in [4.69, 9.17) is 9.47 Å². The lowest BCUT2D eigenvalue weighted by molar-refractivity contribution is 0.174. The second-order valence-corrected chi connectivity index (χ2v) is 5.82. The topological polar surface area (TPSA) is 54.9 Å². The molecule has 2 N–H and O–H groups in total. The van der Waals surface area contributed by atoms with E-state index in [1.165, 1.54) is 5.56 Å². The van der Waals surface area contributed by atoms with Crippen molar-refractivity contribution in [2.24, 2.45) is 4.99 Å². The van der Waals surface area contributed by atoms with Crippen LogP contribution in [0.4, 0.5) is 0 Å². The molecule has 0 saturated carbocycles. The van der Waals surface area contributed by atoms with Gasteiger partial charge in [-0.25, -0.2) is 0 Å². The summed E-state index contributed by atoms with van der Waals surface area (Å²) in [6.07, 6.45) is 1.11. The Balaban J connectivity index is 0.00000161. The molecule has 21 heavy (non-hydrogen) atoms. The van der Waals surface area contributed by atoms with Gasteiger partial charge in [0.05, 0.1) is 0 Å². The van der Waals surface area contributed by atoms with Crippen LogP contribution < -0.4 is 20.1 Å². The lowest BCUT2D eigenvalue weighted by Gasteiger charge is -2.27. The summed E-state index contributed by atoms with van der Waals surface area (Å²) >= 11 is 0. The van der Waals surface area contributed by atoms with Gasteiger partial charge in [-0.05, 0) is 24.1 Å². The van der Waals surface area contributed by atoms with Gasteiger partial charge in [-0.3, -0.25) is 4.99 Å². The third-order valence-corrected chi connectivity index (χ3v) is 3.75. The number of nitrogens with one attached hydrogen (secondary N) is 2. The van der Waals surface area contributed by atoms with Crippen molar-refractivity contribution < 1.29 is 9.47 Å². The van der Waals surface area contributed by atoms with Gasteiger partial charge in [0.1, 0.15) is 0 Å². The van der Waals surface area contributed by atoms with Gasteiger partial charge >= 0.3 is 0 Å². The highest BCUT2D eigenvalue weighted by Gasteiger charge is 2.24. The van der Waals surface area contributed by atoms with Gasteiger partial charge < -0.3 is 20.1 Å². The second-order valence-electron chi connectivity index (χ2n) is 5.82. The van der Waals surface area contributed by atoms with Crippen LogP contribution in [0.1, 0.15) is 25.8 Å². The normalized spacial score (nSPS) is 16.6. The molecule has 3 rings (SSSR count). The van der Waals surface area contributed by atoms with E-state index in [0.29, 0.717) is 6.79 Å². The molecule has 2 aliphatic rings. The van der Waals surface area contributed by atoms with Gasteiger partial charge in [-0.1, -0.05) is 19.9 Å². The van der Waals surface area contributed by atoms with E-state index in [-0.39, 0.29) is 29.4 Å².